The van der Waals surface area contributed by atoms with Gasteiger partial charge in [-0.25, -0.2) is 4.79 Å². The summed E-state index contributed by atoms with van der Waals surface area (Å²) in [6.45, 7) is 6.36. The van der Waals surface area contributed by atoms with Crippen molar-refractivity contribution in [2.24, 2.45) is 0 Å². The van der Waals surface area contributed by atoms with Gasteiger partial charge in [-0.3, -0.25) is 0 Å². The van der Waals surface area contributed by atoms with Crippen molar-refractivity contribution in [1.29, 1.82) is 0 Å². The molecule has 1 N–H and O–H groups in total. The summed E-state index contributed by atoms with van der Waals surface area (Å²) in [4.78, 5) is 18.6. The molecule has 1 amide bonds. The number of nitrogens with zero attached hydrogens (tertiary/aromatic N) is 3. The first-order valence-corrected chi connectivity index (χ1v) is 13.5. The maximum Gasteiger partial charge on any atom is 0.415 e. The van der Waals surface area contributed by atoms with Crippen LogP contribution in [0.1, 0.15) is 25.0 Å². The SMILES string of the molecule is COc1cc(OC(=O)N(C)CCN(C)C)ccc1-c1ccc2c3c1CN(c1ccccc1OC)C3=CC(C)(C)N2. The number of carbonyl (C=O) groups is 1. The van der Waals surface area contributed by atoms with Gasteiger partial charge in [0.1, 0.15) is 17.2 Å². The summed E-state index contributed by atoms with van der Waals surface area (Å²) in [6.07, 6.45) is 1.88. The molecule has 0 fully saturated rings. The van der Waals surface area contributed by atoms with Gasteiger partial charge in [-0.15, -0.1) is 0 Å². The number of benzene rings is 3. The summed E-state index contributed by atoms with van der Waals surface area (Å²) < 4.78 is 17.2. The standard InChI is InChI=1S/C32H38N4O4/c1-32(2)19-27-30-24(20-36(27)26-10-8-9-11-28(26)38-6)22(14-15-25(30)33-32)23-13-12-21(18-29(23)39-7)40-31(37)35(5)17-16-34(3)4/h8-15,18-19,33H,16-17,20H2,1-7H3. The summed E-state index contributed by atoms with van der Waals surface area (Å²) >= 11 is 0. The third-order valence-corrected chi connectivity index (χ3v) is 7.37. The van der Waals surface area contributed by atoms with E-state index in [2.05, 4.69) is 48.3 Å². The van der Waals surface area contributed by atoms with Crippen LogP contribution in [0.5, 0.6) is 17.2 Å². The van der Waals surface area contributed by atoms with E-state index in [1.165, 1.54) is 11.1 Å². The molecule has 0 saturated carbocycles. The van der Waals surface area contributed by atoms with Gasteiger partial charge in [0.2, 0.25) is 0 Å². The summed E-state index contributed by atoms with van der Waals surface area (Å²) in [5.74, 6) is 1.91. The Balaban J connectivity index is 1.52. The first-order chi connectivity index (χ1) is 19.1. The average molecular weight is 543 g/mol. The minimum Gasteiger partial charge on any atom is -0.496 e. The van der Waals surface area contributed by atoms with Gasteiger partial charge < -0.3 is 34.2 Å². The molecule has 0 aromatic heterocycles. The third kappa shape index (κ3) is 5.19. The highest BCUT2D eigenvalue weighted by Gasteiger charge is 2.37. The Bertz CT molecular complexity index is 1460. The molecular formula is C32H38N4O4. The molecule has 8 nitrogen and oxygen atoms in total. The van der Waals surface area contributed by atoms with Crippen LogP contribution in [-0.2, 0) is 6.54 Å². The number of rotatable bonds is 8. The lowest BCUT2D eigenvalue weighted by Crippen LogP contribution is -2.35. The van der Waals surface area contributed by atoms with E-state index in [0.29, 0.717) is 24.6 Å². The number of hydrogen-bond donors (Lipinski definition) is 1. The van der Waals surface area contributed by atoms with E-state index in [1.54, 1.807) is 32.2 Å². The van der Waals surface area contributed by atoms with Crippen LogP contribution in [-0.4, -0.2) is 69.9 Å². The summed E-state index contributed by atoms with van der Waals surface area (Å²) in [5, 5.41) is 3.68. The van der Waals surface area contributed by atoms with Crippen LogP contribution in [0, 0.1) is 0 Å². The van der Waals surface area contributed by atoms with E-state index in [4.69, 9.17) is 14.2 Å². The van der Waals surface area contributed by atoms with Gasteiger partial charge in [-0.05, 0) is 75.5 Å². The smallest absolute Gasteiger partial charge is 0.415 e. The molecule has 0 aliphatic carbocycles. The highest BCUT2D eigenvalue weighted by molar-refractivity contribution is 5.98. The first kappa shape index (κ1) is 27.4. The van der Waals surface area contributed by atoms with Gasteiger partial charge in [0.25, 0.3) is 0 Å². The fraction of sp³-hybridized carbons (Fsp3) is 0.344. The Morgan fingerprint density at radius 3 is 2.40 bits per heavy atom. The summed E-state index contributed by atoms with van der Waals surface area (Å²) in [6, 6.07) is 18.0. The molecule has 40 heavy (non-hydrogen) atoms. The van der Waals surface area contributed by atoms with Crippen molar-refractivity contribution >= 4 is 23.2 Å². The molecule has 210 valence electrons. The Labute approximate surface area is 236 Å². The van der Waals surface area contributed by atoms with E-state index in [1.807, 2.05) is 49.3 Å². The highest BCUT2D eigenvalue weighted by Crippen LogP contribution is 2.51. The van der Waals surface area contributed by atoms with Gasteiger partial charge in [0.05, 0.1) is 25.4 Å². The molecular weight excluding hydrogens is 504 g/mol. The molecule has 0 spiro atoms. The zero-order valence-electron chi connectivity index (χ0n) is 24.4. The van der Waals surface area contributed by atoms with E-state index in [-0.39, 0.29) is 5.54 Å². The zero-order valence-corrected chi connectivity index (χ0v) is 24.4. The lowest BCUT2D eigenvalue weighted by Gasteiger charge is -2.33. The van der Waals surface area contributed by atoms with Gasteiger partial charge in [-0.1, -0.05) is 18.2 Å². The zero-order chi connectivity index (χ0) is 28.6. The van der Waals surface area contributed by atoms with Crippen LogP contribution in [0.2, 0.25) is 0 Å². The number of para-hydroxylation sites is 2. The number of nitrogens with one attached hydrogen (secondary N) is 1. The molecule has 8 heteroatoms. The van der Waals surface area contributed by atoms with Crippen LogP contribution >= 0.6 is 0 Å². The fourth-order valence-corrected chi connectivity index (χ4v) is 5.36. The van der Waals surface area contributed by atoms with Gasteiger partial charge in [0.15, 0.2) is 0 Å². The second kappa shape index (κ2) is 10.8. The topological polar surface area (TPSA) is 66.5 Å². The lowest BCUT2D eigenvalue weighted by atomic mass is 9.89. The number of carbonyl (C=O) groups excluding carboxylic acids is 1. The minimum atomic E-state index is -0.403. The number of methoxy groups -OCH3 is 2. The average Bonchev–Trinajstić information content (AvgIpc) is 3.30. The van der Waals surface area contributed by atoms with Crippen molar-refractivity contribution in [3.8, 4) is 28.4 Å². The maximum absolute atomic E-state index is 12.6. The maximum atomic E-state index is 12.6. The molecule has 0 atom stereocenters. The molecule has 2 heterocycles. The fourth-order valence-electron chi connectivity index (χ4n) is 5.36. The van der Waals surface area contributed by atoms with Gasteiger partial charge >= 0.3 is 6.09 Å². The molecule has 3 aromatic rings. The van der Waals surface area contributed by atoms with Crippen molar-refractivity contribution in [2.75, 3.05) is 58.7 Å². The largest absolute Gasteiger partial charge is 0.496 e. The number of hydrogen-bond acceptors (Lipinski definition) is 7. The van der Waals surface area contributed by atoms with E-state index >= 15 is 0 Å². The molecule has 5 rings (SSSR count). The third-order valence-electron chi connectivity index (χ3n) is 7.37. The van der Waals surface area contributed by atoms with Gasteiger partial charge in [-0.2, -0.15) is 0 Å². The van der Waals surface area contributed by atoms with Crippen LogP contribution in [0.3, 0.4) is 0 Å². The van der Waals surface area contributed by atoms with Crippen molar-refractivity contribution in [2.45, 2.75) is 25.9 Å². The monoisotopic (exact) mass is 542 g/mol. The van der Waals surface area contributed by atoms with Crippen LogP contribution in [0.15, 0.2) is 60.7 Å². The van der Waals surface area contributed by atoms with Crippen LogP contribution < -0.4 is 24.4 Å². The second-order valence-electron chi connectivity index (χ2n) is 11.1. The van der Waals surface area contributed by atoms with Crippen molar-refractivity contribution in [3.05, 3.63) is 71.8 Å². The van der Waals surface area contributed by atoms with Crippen molar-refractivity contribution in [1.82, 2.24) is 9.80 Å². The van der Waals surface area contributed by atoms with Crippen molar-refractivity contribution < 1.29 is 19.0 Å². The lowest BCUT2D eigenvalue weighted by molar-refractivity contribution is 0.159. The summed E-state index contributed by atoms with van der Waals surface area (Å²) in [5.41, 5.74) is 7.46. The van der Waals surface area contributed by atoms with E-state index < -0.39 is 6.09 Å². The predicted octanol–water partition coefficient (Wildman–Crippen LogP) is 5.93. The molecule has 0 radical (unpaired) electrons. The van der Waals surface area contributed by atoms with Crippen LogP contribution in [0.4, 0.5) is 16.2 Å². The molecule has 3 aromatic carbocycles. The molecule has 0 bridgehead atoms. The number of ether oxygens (including phenoxy) is 3. The Morgan fingerprint density at radius 1 is 0.950 bits per heavy atom. The Hall–Kier alpha value is -4.17. The Kier molecular flexibility index (Phi) is 7.38. The molecule has 2 aliphatic rings. The van der Waals surface area contributed by atoms with E-state index in [9.17, 15) is 4.79 Å². The summed E-state index contributed by atoms with van der Waals surface area (Å²) in [7, 11) is 9.03. The van der Waals surface area contributed by atoms with E-state index in [0.717, 1.165) is 40.5 Å². The molecule has 0 unspecified atom stereocenters. The quantitative estimate of drug-likeness (QED) is 0.379. The molecule has 0 saturated heterocycles. The first-order valence-electron chi connectivity index (χ1n) is 13.5. The second-order valence-corrected chi connectivity index (χ2v) is 11.1. The number of anilines is 2. The highest BCUT2D eigenvalue weighted by atomic mass is 16.6. The normalized spacial score (nSPS) is 14.8. The Morgan fingerprint density at radius 2 is 1.68 bits per heavy atom. The minimum absolute atomic E-state index is 0.214. The van der Waals surface area contributed by atoms with Gasteiger partial charge in [0, 0.05) is 55.3 Å². The number of amides is 1. The van der Waals surface area contributed by atoms with Crippen LogP contribution in [0.25, 0.3) is 16.8 Å². The molecule has 2 aliphatic heterocycles. The number of likely N-dealkylation sites (N-methyl/N-ethyl adjacent to an activating group) is 2. The predicted molar refractivity (Wildman–Crippen MR) is 160 cm³/mol. The van der Waals surface area contributed by atoms with Crippen molar-refractivity contribution in [3.63, 3.8) is 0 Å².